The van der Waals surface area contributed by atoms with Crippen molar-refractivity contribution in [3.8, 4) is 22.8 Å². The highest BCUT2D eigenvalue weighted by molar-refractivity contribution is 6.00. The SMILES string of the molecule is CCCOc1ccc(C2c3c(-c4cc(C)cc(C)c4O)n[nH]c3C(=O)N2CCCOC(C)C)cc1. The summed E-state index contributed by atoms with van der Waals surface area (Å²) in [7, 11) is 0. The number of phenols is 1. The number of hydrogen-bond donors (Lipinski definition) is 2. The molecule has 7 nitrogen and oxygen atoms in total. The standard InChI is InChI=1S/C28H35N3O4/c1-6-13-35-21-10-8-20(9-11-21)26-23-24(22-16-18(4)15-19(5)27(22)32)29-30-25(23)28(33)31(26)12-7-14-34-17(2)3/h8-11,15-17,26,32H,6-7,12-14H2,1-5H3,(H,29,30). The van der Waals surface area contributed by atoms with E-state index in [0.717, 1.165) is 40.8 Å². The van der Waals surface area contributed by atoms with Gasteiger partial charge in [0.05, 0.1) is 18.8 Å². The molecule has 1 aliphatic rings. The fourth-order valence-corrected chi connectivity index (χ4v) is 4.64. The largest absolute Gasteiger partial charge is 0.507 e. The molecule has 186 valence electrons. The molecule has 7 heteroatoms. The molecule has 0 fully saturated rings. The van der Waals surface area contributed by atoms with Crippen LogP contribution in [0, 0.1) is 13.8 Å². The molecule has 0 spiro atoms. The van der Waals surface area contributed by atoms with Gasteiger partial charge in [-0.2, -0.15) is 5.10 Å². The van der Waals surface area contributed by atoms with Gasteiger partial charge in [0.15, 0.2) is 0 Å². The van der Waals surface area contributed by atoms with Crippen molar-refractivity contribution in [2.45, 2.75) is 59.6 Å². The van der Waals surface area contributed by atoms with Crippen LogP contribution in [0.4, 0.5) is 0 Å². The number of nitrogens with one attached hydrogen (secondary N) is 1. The Labute approximate surface area is 207 Å². The molecule has 1 atom stereocenters. The van der Waals surface area contributed by atoms with Gasteiger partial charge in [-0.1, -0.05) is 25.1 Å². The zero-order chi connectivity index (χ0) is 25.1. The van der Waals surface area contributed by atoms with Crippen LogP contribution in [-0.4, -0.2) is 52.0 Å². The zero-order valence-corrected chi connectivity index (χ0v) is 21.2. The van der Waals surface area contributed by atoms with Crippen molar-refractivity contribution in [1.82, 2.24) is 15.1 Å². The third-order valence-corrected chi connectivity index (χ3v) is 6.23. The van der Waals surface area contributed by atoms with Crippen LogP contribution >= 0.6 is 0 Å². The van der Waals surface area contributed by atoms with Crippen LogP contribution in [0.25, 0.3) is 11.3 Å². The predicted molar refractivity (Wildman–Crippen MR) is 136 cm³/mol. The first kappa shape index (κ1) is 24.8. The van der Waals surface area contributed by atoms with Gasteiger partial charge in [0.1, 0.15) is 22.9 Å². The smallest absolute Gasteiger partial charge is 0.273 e. The predicted octanol–water partition coefficient (Wildman–Crippen LogP) is 5.55. The van der Waals surface area contributed by atoms with Gasteiger partial charge in [0.25, 0.3) is 5.91 Å². The Balaban J connectivity index is 1.75. The molecule has 35 heavy (non-hydrogen) atoms. The van der Waals surface area contributed by atoms with Crippen LogP contribution in [0.2, 0.25) is 0 Å². The second-order valence-electron chi connectivity index (χ2n) is 9.43. The molecule has 0 saturated heterocycles. The topological polar surface area (TPSA) is 87.7 Å². The second kappa shape index (κ2) is 10.5. The summed E-state index contributed by atoms with van der Waals surface area (Å²) in [6.07, 6.45) is 1.80. The number of aromatic hydroxyl groups is 1. The van der Waals surface area contributed by atoms with Crippen molar-refractivity contribution >= 4 is 5.91 Å². The molecular weight excluding hydrogens is 442 g/mol. The van der Waals surface area contributed by atoms with Crippen LogP contribution in [0.1, 0.15) is 72.4 Å². The number of amides is 1. The summed E-state index contributed by atoms with van der Waals surface area (Å²) in [5.74, 6) is 0.892. The molecule has 2 aromatic carbocycles. The number of nitrogens with zero attached hydrogens (tertiary/aromatic N) is 2. The van der Waals surface area contributed by atoms with E-state index in [1.165, 1.54) is 0 Å². The summed E-state index contributed by atoms with van der Waals surface area (Å²) in [5.41, 5.74) is 5.27. The third-order valence-electron chi connectivity index (χ3n) is 6.23. The lowest BCUT2D eigenvalue weighted by Crippen LogP contribution is -2.31. The van der Waals surface area contributed by atoms with Gasteiger partial charge in [0, 0.05) is 24.3 Å². The van der Waals surface area contributed by atoms with Gasteiger partial charge in [-0.25, -0.2) is 0 Å². The van der Waals surface area contributed by atoms with E-state index in [2.05, 4.69) is 17.1 Å². The minimum absolute atomic E-state index is 0.0940. The van der Waals surface area contributed by atoms with Crippen LogP contribution in [0.5, 0.6) is 11.5 Å². The van der Waals surface area contributed by atoms with Crippen molar-refractivity contribution in [2.24, 2.45) is 0 Å². The van der Waals surface area contributed by atoms with E-state index >= 15 is 0 Å². The minimum Gasteiger partial charge on any atom is -0.507 e. The van der Waals surface area contributed by atoms with Crippen LogP contribution in [0.3, 0.4) is 0 Å². The van der Waals surface area contributed by atoms with E-state index in [9.17, 15) is 9.90 Å². The number of ether oxygens (including phenoxy) is 2. The Morgan fingerprint density at radius 1 is 1.14 bits per heavy atom. The number of benzene rings is 2. The highest BCUT2D eigenvalue weighted by Gasteiger charge is 2.42. The van der Waals surface area contributed by atoms with Gasteiger partial charge >= 0.3 is 0 Å². The van der Waals surface area contributed by atoms with Crippen LogP contribution in [0.15, 0.2) is 36.4 Å². The summed E-state index contributed by atoms with van der Waals surface area (Å²) in [5, 5.41) is 18.3. The molecule has 0 radical (unpaired) electrons. The van der Waals surface area contributed by atoms with Crippen LogP contribution in [-0.2, 0) is 4.74 Å². The highest BCUT2D eigenvalue weighted by atomic mass is 16.5. The lowest BCUT2D eigenvalue weighted by atomic mass is 9.94. The Bertz CT molecular complexity index is 1180. The first-order chi connectivity index (χ1) is 16.8. The van der Waals surface area contributed by atoms with Crippen LogP contribution < -0.4 is 4.74 Å². The van der Waals surface area contributed by atoms with Gasteiger partial charge in [0.2, 0.25) is 0 Å². The summed E-state index contributed by atoms with van der Waals surface area (Å²) in [6, 6.07) is 11.4. The van der Waals surface area contributed by atoms with E-state index in [1.54, 1.807) is 0 Å². The Kier molecular flexibility index (Phi) is 7.45. The van der Waals surface area contributed by atoms with Gasteiger partial charge in [-0.3, -0.25) is 9.89 Å². The normalized spacial score (nSPS) is 15.2. The molecule has 1 unspecified atom stereocenters. The summed E-state index contributed by atoms with van der Waals surface area (Å²) in [4.78, 5) is 15.4. The van der Waals surface area contributed by atoms with E-state index in [-0.39, 0.29) is 23.8 Å². The lowest BCUT2D eigenvalue weighted by Gasteiger charge is -2.27. The van der Waals surface area contributed by atoms with Gasteiger partial charge in [-0.15, -0.1) is 0 Å². The van der Waals surface area contributed by atoms with Crippen molar-refractivity contribution < 1.29 is 19.4 Å². The van der Waals surface area contributed by atoms with Gasteiger partial charge in [-0.05, 0) is 75.4 Å². The molecular formula is C28H35N3O4. The summed E-state index contributed by atoms with van der Waals surface area (Å²) >= 11 is 0. The number of carbonyl (C=O) groups excluding carboxylic acids is 1. The minimum atomic E-state index is -0.328. The highest BCUT2D eigenvalue weighted by Crippen LogP contribution is 2.45. The van der Waals surface area contributed by atoms with Crippen molar-refractivity contribution in [2.75, 3.05) is 19.8 Å². The molecule has 1 aromatic heterocycles. The van der Waals surface area contributed by atoms with Crippen molar-refractivity contribution in [1.29, 1.82) is 0 Å². The molecule has 0 bridgehead atoms. The van der Waals surface area contributed by atoms with Crippen molar-refractivity contribution in [3.63, 3.8) is 0 Å². The first-order valence-corrected chi connectivity index (χ1v) is 12.4. The molecule has 1 amide bonds. The number of carbonyl (C=O) groups is 1. The molecule has 2 N–H and O–H groups in total. The number of rotatable bonds is 10. The fraction of sp³-hybridized carbons (Fsp3) is 0.429. The lowest BCUT2D eigenvalue weighted by molar-refractivity contribution is 0.0601. The molecule has 1 aliphatic heterocycles. The average Bonchev–Trinajstić information content (AvgIpc) is 3.37. The maximum atomic E-state index is 13.5. The number of aryl methyl sites for hydroxylation is 2. The molecule has 4 rings (SSSR count). The van der Waals surface area contributed by atoms with E-state index < -0.39 is 0 Å². The number of aromatic amines is 1. The third kappa shape index (κ3) is 5.05. The Morgan fingerprint density at radius 3 is 2.57 bits per heavy atom. The monoisotopic (exact) mass is 477 g/mol. The Hall–Kier alpha value is -3.32. The summed E-state index contributed by atoms with van der Waals surface area (Å²) < 4.78 is 11.5. The molecule has 3 aromatic rings. The molecule has 2 heterocycles. The van der Waals surface area contributed by atoms with Gasteiger partial charge < -0.3 is 19.5 Å². The zero-order valence-electron chi connectivity index (χ0n) is 21.2. The average molecular weight is 478 g/mol. The maximum Gasteiger partial charge on any atom is 0.273 e. The molecule has 0 aliphatic carbocycles. The first-order valence-electron chi connectivity index (χ1n) is 12.4. The van der Waals surface area contributed by atoms with Crippen molar-refractivity contribution in [3.05, 3.63) is 64.3 Å². The number of phenolic OH excluding ortho intramolecular Hbond substituents is 1. The quantitative estimate of drug-likeness (QED) is 0.374. The number of H-pyrrole nitrogens is 1. The number of aromatic nitrogens is 2. The van der Waals surface area contributed by atoms with E-state index in [1.807, 2.05) is 69.0 Å². The second-order valence-corrected chi connectivity index (χ2v) is 9.43. The number of fused-ring (bicyclic) bond motifs is 1. The Morgan fingerprint density at radius 2 is 1.89 bits per heavy atom. The summed E-state index contributed by atoms with van der Waals surface area (Å²) in [6.45, 7) is 11.7. The maximum absolute atomic E-state index is 13.5. The number of hydrogen-bond acceptors (Lipinski definition) is 5. The van der Waals surface area contributed by atoms with E-state index in [0.29, 0.717) is 36.7 Å². The van der Waals surface area contributed by atoms with E-state index in [4.69, 9.17) is 9.47 Å². The molecule has 0 saturated carbocycles. The fourth-order valence-electron chi connectivity index (χ4n) is 4.64.